The summed E-state index contributed by atoms with van der Waals surface area (Å²) in [5, 5.41) is 0. The Morgan fingerprint density at radius 2 is 2.10 bits per heavy atom. The van der Waals surface area contributed by atoms with E-state index in [0.717, 1.165) is 6.42 Å². The SMILES string of the molecule is C=C(C(N)=O)C(C)CC.[NaH]. The summed E-state index contributed by atoms with van der Waals surface area (Å²) in [7, 11) is 0. The molecule has 1 unspecified atom stereocenters. The Morgan fingerprint density at radius 3 is 2.20 bits per heavy atom. The Morgan fingerprint density at radius 1 is 1.70 bits per heavy atom. The number of hydrogen-bond acceptors (Lipinski definition) is 1. The average molecular weight is 151 g/mol. The van der Waals surface area contributed by atoms with Crippen LogP contribution in [0.4, 0.5) is 0 Å². The van der Waals surface area contributed by atoms with E-state index in [-0.39, 0.29) is 41.4 Å². The van der Waals surface area contributed by atoms with Crippen molar-refractivity contribution >= 4 is 35.5 Å². The van der Waals surface area contributed by atoms with E-state index >= 15 is 0 Å². The first-order chi connectivity index (χ1) is 4.09. The second kappa shape index (κ2) is 5.96. The zero-order valence-electron chi connectivity index (χ0n) is 5.98. The van der Waals surface area contributed by atoms with Crippen LogP contribution in [0.15, 0.2) is 12.2 Å². The summed E-state index contributed by atoms with van der Waals surface area (Å²) in [6, 6.07) is 0. The second-order valence-electron chi connectivity index (χ2n) is 2.20. The summed E-state index contributed by atoms with van der Waals surface area (Å²) in [6.45, 7) is 7.49. The molecule has 0 aromatic carbocycles. The summed E-state index contributed by atoms with van der Waals surface area (Å²) < 4.78 is 0. The molecule has 0 aliphatic rings. The molecule has 0 rings (SSSR count). The van der Waals surface area contributed by atoms with Crippen LogP contribution < -0.4 is 5.73 Å². The molecule has 0 saturated carbocycles. The molecule has 0 bridgehead atoms. The summed E-state index contributed by atoms with van der Waals surface area (Å²) >= 11 is 0. The molecule has 0 aliphatic heterocycles. The van der Waals surface area contributed by atoms with Gasteiger partial charge in [-0.05, 0) is 12.3 Å². The van der Waals surface area contributed by atoms with E-state index in [4.69, 9.17) is 5.73 Å². The number of carbonyl (C=O) groups excluding carboxylic acids is 1. The van der Waals surface area contributed by atoms with Crippen molar-refractivity contribution in [3.05, 3.63) is 12.2 Å². The molecule has 0 aliphatic carbocycles. The third-order valence-corrected chi connectivity index (χ3v) is 1.52. The van der Waals surface area contributed by atoms with Gasteiger partial charge in [0, 0.05) is 5.57 Å². The van der Waals surface area contributed by atoms with Crippen LogP contribution in [0.5, 0.6) is 0 Å². The van der Waals surface area contributed by atoms with E-state index in [9.17, 15) is 4.79 Å². The predicted octanol–water partition coefficient (Wildman–Crippen LogP) is 0.425. The maximum atomic E-state index is 10.4. The molecular weight excluding hydrogens is 137 g/mol. The van der Waals surface area contributed by atoms with Crippen LogP contribution in [-0.4, -0.2) is 35.5 Å². The monoisotopic (exact) mass is 151 g/mol. The first kappa shape index (κ1) is 12.8. The summed E-state index contributed by atoms with van der Waals surface area (Å²) in [5.74, 6) is -0.160. The van der Waals surface area contributed by atoms with Gasteiger partial charge in [0.2, 0.25) is 5.91 Å². The number of primary amides is 1. The summed E-state index contributed by atoms with van der Waals surface area (Å²) in [5.41, 5.74) is 5.50. The first-order valence-electron chi connectivity index (χ1n) is 3.08. The fourth-order valence-electron chi connectivity index (χ4n) is 0.489. The molecule has 0 saturated heterocycles. The average Bonchev–Trinajstić information content (AvgIpc) is 1.84. The molecule has 54 valence electrons. The summed E-state index contributed by atoms with van der Waals surface area (Å²) in [6.07, 6.45) is 0.918. The minimum atomic E-state index is -0.385. The van der Waals surface area contributed by atoms with Gasteiger partial charge in [0.15, 0.2) is 0 Å². The number of rotatable bonds is 3. The molecule has 0 aromatic rings. The maximum absolute atomic E-state index is 10.4. The normalized spacial score (nSPS) is 11.4. The van der Waals surface area contributed by atoms with Gasteiger partial charge in [0.25, 0.3) is 0 Å². The quantitative estimate of drug-likeness (QED) is 0.461. The summed E-state index contributed by atoms with van der Waals surface area (Å²) in [4.78, 5) is 10.4. The van der Waals surface area contributed by atoms with E-state index in [0.29, 0.717) is 5.57 Å². The topological polar surface area (TPSA) is 43.1 Å². The standard InChI is InChI=1S/C7H13NO.Na.H/c1-4-5(2)6(3)7(8)9;;/h5H,3-4H2,1-2H3,(H2,8,9);;. The molecule has 2 N–H and O–H groups in total. The van der Waals surface area contributed by atoms with Crippen LogP contribution in [0.2, 0.25) is 0 Å². The minimum absolute atomic E-state index is 0. The van der Waals surface area contributed by atoms with Crippen molar-refractivity contribution in [2.24, 2.45) is 11.7 Å². The number of carbonyl (C=O) groups is 1. The van der Waals surface area contributed by atoms with Crippen molar-refractivity contribution in [1.29, 1.82) is 0 Å². The van der Waals surface area contributed by atoms with Crippen LogP contribution in [-0.2, 0) is 4.79 Å². The van der Waals surface area contributed by atoms with Crippen molar-refractivity contribution in [2.75, 3.05) is 0 Å². The molecule has 0 spiro atoms. The molecule has 2 nitrogen and oxygen atoms in total. The van der Waals surface area contributed by atoms with Crippen LogP contribution in [0.3, 0.4) is 0 Å². The van der Waals surface area contributed by atoms with Gasteiger partial charge in [0.1, 0.15) is 0 Å². The van der Waals surface area contributed by atoms with Crippen molar-refractivity contribution in [1.82, 2.24) is 0 Å². The van der Waals surface area contributed by atoms with Gasteiger partial charge >= 0.3 is 29.6 Å². The van der Waals surface area contributed by atoms with Crippen LogP contribution in [0, 0.1) is 5.92 Å². The van der Waals surface area contributed by atoms with Gasteiger partial charge in [0.05, 0.1) is 0 Å². The Balaban J connectivity index is 0. The van der Waals surface area contributed by atoms with E-state index in [1.807, 2.05) is 13.8 Å². The molecule has 0 fully saturated rings. The Labute approximate surface area is 84.2 Å². The van der Waals surface area contributed by atoms with E-state index in [1.54, 1.807) is 0 Å². The Bertz CT molecular complexity index is 134. The number of amides is 1. The van der Waals surface area contributed by atoms with Gasteiger partial charge in [-0.25, -0.2) is 0 Å². The van der Waals surface area contributed by atoms with Gasteiger partial charge in [-0.1, -0.05) is 20.4 Å². The second-order valence-corrected chi connectivity index (χ2v) is 2.20. The molecule has 10 heavy (non-hydrogen) atoms. The third kappa shape index (κ3) is 4.09. The van der Waals surface area contributed by atoms with Crippen LogP contribution in [0.1, 0.15) is 20.3 Å². The predicted molar refractivity (Wildman–Crippen MR) is 44.9 cm³/mol. The van der Waals surface area contributed by atoms with Gasteiger partial charge in [-0.3, -0.25) is 4.79 Å². The Kier molecular flexibility index (Phi) is 7.65. The molecule has 0 radical (unpaired) electrons. The van der Waals surface area contributed by atoms with Gasteiger partial charge in [-0.2, -0.15) is 0 Å². The van der Waals surface area contributed by atoms with Gasteiger partial charge in [-0.15, -0.1) is 0 Å². The fraction of sp³-hybridized carbons (Fsp3) is 0.571. The first-order valence-corrected chi connectivity index (χ1v) is 3.08. The molecule has 1 amide bonds. The Hall–Kier alpha value is 0.210. The van der Waals surface area contributed by atoms with E-state index in [1.165, 1.54) is 0 Å². The van der Waals surface area contributed by atoms with Gasteiger partial charge < -0.3 is 5.73 Å². The van der Waals surface area contributed by atoms with Crippen molar-refractivity contribution < 1.29 is 4.79 Å². The van der Waals surface area contributed by atoms with Crippen molar-refractivity contribution in [3.8, 4) is 0 Å². The fourth-order valence-corrected chi connectivity index (χ4v) is 0.489. The van der Waals surface area contributed by atoms with Crippen LogP contribution >= 0.6 is 0 Å². The number of hydrogen-bond donors (Lipinski definition) is 1. The molecule has 3 heteroatoms. The van der Waals surface area contributed by atoms with E-state index in [2.05, 4.69) is 6.58 Å². The van der Waals surface area contributed by atoms with Crippen molar-refractivity contribution in [2.45, 2.75) is 20.3 Å². The molecule has 0 heterocycles. The molecule has 1 atom stereocenters. The number of nitrogens with two attached hydrogens (primary N) is 1. The van der Waals surface area contributed by atoms with Crippen molar-refractivity contribution in [3.63, 3.8) is 0 Å². The third-order valence-electron chi connectivity index (χ3n) is 1.52. The molecule has 0 aromatic heterocycles. The molecular formula is C7H14NNaO. The zero-order chi connectivity index (χ0) is 7.44. The zero-order valence-corrected chi connectivity index (χ0v) is 5.98. The van der Waals surface area contributed by atoms with Crippen LogP contribution in [0.25, 0.3) is 0 Å². The van der Waals surface area contributed by atoms with E-state index < -0.39 is 0 Å².